The lowest BCUT2D eigenvalue weighted by atomic mass is 10.1. The van der Waals surface area contributed by atoms with Crippen molar-refractivity contribution in [2.24, 2.45) is 0 Å². The van der Waals surface area contributed by atoms with Gasteiger partial charge in [0.15, 0.2) is 11.6 Å². The average Bonchev–Trinajstić information content (AvgIpc) is 2.80. The van der Waals surface area contributed by atoms with Gasteiger partial charge in [0.1, 0.15) is 0 Å². The van der Waals surface area contributed by atoms with Gasteiger partial charge in [-0.2, -0.15) is 4.98 Å². The third kappa shape index (κ3) is 1.82. The van der Waals surface area contributed by atoms with Crippen molar-refractivity contribution in [3.63, 3.8) is 0 Å². The molecule has 3 rings (SSSR count). The quantitative estimate of drug-likeness (QED) is 0.789. The van der Waals surface area contributed by atoms with Crippen LogP contribution in [0.1, 0.15) is 19.3 Å². The van der Waals surface area contributed by atoms with Crippen molar-refractivity contribution in [1.29, 1.82) is 0 Å². The van der Waals surface area contributed by atoms with Crippen molar-refractivity contribution in [3.05, 3.63) is 12.0 Å². The zero-order chi connectivity index (χ0) is 11.8. The number of nitrogens with zero attached hydrogens (tertiary/aromatic N) is 3. The van der Waals surface area contributed by atoms with Gasteiger partial charge in [0.25, 0.3) is 0 Å². The highest BCUT2D eigenvalue weighted by Crippen LogP contribution is 2.33. The number of anilines is 2. The van der Waals surface area contributed by atoms with E-state index in [9.17, 15) is 4.39 Å². The van der Waals surface area contributed by atoms with E-state index >= 15 is 0 Å². The van der Waals surface area contributed by atoms with E-state index in [-0.39, 0.29) is 18.1 Å². The summed E-state index contributed by atoms with van der Waals surface area (Å²) in [5.74, 6) is 0.0203. The van der Waals surface area contributed by atoms with E-state index in [1.807, 2.05) is 4.90 Å². The van der Waals surface area contributed by atoms with Crippen molar-refractivity contribution < 1.29 is 9.13 Å². The van der Waals surface area contributed by atoms with Crippen molar-refractivity contribution >= 4 is 11.8 Å². The molecule has 2 N–H and O–H groups in total. The van der Waals surface area contributed by atoms with Gasteiger partial charge in [-0.3, -0.25) is 0 Å². The van der Waals surface area contributed by atoms with Crippen LogP contribution in [0.15, 0.2) is 6.20 Å². The summed E-state index contributed by atoms with van der Waals surface area (Å²) in [6, 6.07) is 0.229. The Balaban J connectivity index is 1.94. The molecule has 2 fully saturated rings. The molecule has 1 aliphatic carbocycles. The number of halogens is 1. The number of nitrogens with two attached hydrogens (primary N) is 1. The first-order chi connectivity index (χ1) is 8.25. The molecule has 1 aromatic heterocycles. The summed E-state index contributed by atoms with van der Waals surface area (Å²) < 4.78 is 19.4. The van der Waals surface area contributed by atoms with Crippen molar-refractivity contribution in [3.8, 4) is 0 Å². The van der Waals surface area contributed by atoms with Crippen LogP contribution in [0.2, 0.25) is 0 Å². The van der Waals surface area contributed by atoms with E-state index in [0.717, 1.165) is 25.5 Å². The number of nitrogen functional groups attached to an aromatic ring is 1. The second-order valence-corrected chi connectivity index (χ2v) is 4.50. The van der Waals surface area contributed by atoms with Crippen LogP contribution in [0.5, 0.6) is 0 Å². The van der Waals surface area contributed by atoms with E-state index in [4.69, 9.17) is 10.5 Å². The van der Waals surface area contributed by atoms with E-state index in [1.54, 1.807) is 0 Å². The molecule has 0 radical (unpaired) electrons. The Morgan fingerprint density at radius 1 is 1.47 bits per heavy atom. The predicted molar refractivity (Wildman–Crippen MR) is 61.1 cm³/mol. The minimum absolute atomic E-state index is 0.113. The van der Waals surface area contributed by atoms with Gasteiger partial charge in [0, 0.05) is 6.54 Å². The Hall–Kier alpha value is -1.43. The molecule has 1 aromatic rings. The molecule has 2 heterocycles. The molecule has 0 bridgehead atoms. The fourth-order valence-corrected chi connectivity index (χ4v) is 2.76. The number of aromatic nitrogens is 2. The fraction of sp³-hybridized carbons (Fsp3) is 0.636. The van der Waals surface area contributed by atoms with Crippen molar-refractivity contribution in [2.45, 2.75) is 31.4 Å². The van der Waals surface area contributed by atoms with Gasteiger partial charge >= 0.3 is 0 Å². The van der Waals surface area contributed by atoms with Crippen LogP contribution < -0.4 is 10.6 Å². The average molecular weight is 238 g/mol. The molecule has 92 valence electrons. The van der Waals surface area contributed by atoms with Crippen LogP contribution in [0, 0.1) is 5.82 Å². The number of fused-ring (bicyclic) bond motifs is 1. The molecule has 2 unspecified atom stereocenters. The van der Waals surface area contributed by atoms with E-state index < -0.39 is 5.82 Å². The lowest BCUT2D eigenvalue weighted by Crippen LogP contribution is -2.49. The lowest BCUT2D eigenvalue weighted by molar-refractivity contribution is 0.0250. The molecule has 5 nitrogen and oxygen atoms in total. The number of hydrogen-bond donors (Lipinski definition) is 1. The number of hydrogen-bond acceptors (Lipinski definition) is 5. The predicted octanol–water partition coefficient (Wildman–Crippen LogP) is 0.956. The minimum atomic E-state index is -0.410. The van der Waals surface area contributed by atoms with Crippen molar-refractivity contribution in [2.75, 3.05) is 23.8 Å². The lowest BCUT2D eigenvalue weighted by Gasteiger charge is -2.38. The van der Waals surface area contributed by atoms with E-state index in [1.165, 1.54) is 0 Å². The zero-order valence-corrected chi connectivity index (χ0v) is 9.47. The maximum Gasteiger partial charge on any atom is 0.222 e. The summed E-state index contributed by atoms with van der Waals surface area (Å²) in [6.45, 7) is 1.28. The maximum absolute atomic E-state index is 13.7. The molecule has 1 saturated heterocycles. The topological polar surface area (TPSA) is 64.3 Å². The minimum Gasteiger partial charge on any atom is -0.374 e. The van der Waals surface area contributed by atoms with Gasteiger partial charge in [-0.15, -0.1) is 0 Å². The molecular formula is C11H15FN4O. The fourth-order valence-electron chi connectivity index (χ4n) is 2.76. The molecule has 2 aliphatic rings. The van der Waals surface area contributed by atoms with Crippen LogP contribution in [0.3, 0.4) is 0 Å². The number of rotatable bonds is 1. The Morgan fingerprint density at radius 2 is 2.35 bits per heavy atom. The Kier molecular flexibility index (Phi) is 2.58. The highest BCUT2D eigenvalue weighted by atomic mass is 19.1. The SMILES string of the molecule is Nc1ncc(F)c(N2CCOC3CCCC32)n1. The van der Waals surface area contributed by atoms with Gasteiger partial charge in [-0.1, -0.05) is 0 Å². The second-order valence-electron chi connectivity index (χ2n) is 4.50. The van der Waals surface area contributed by atoms with Gasteiger partial charge in [0.2, 0.25) is 5.95 Å². The summed E-state index contributed by atoms with van der Waals surface area (Å²) in [6.07, 6.45) is 4.53. The molecule has 0 aromatic carbocycles. The Morgan fingerprint density at radius 3 is 3.24 bits per heavy atom. The molecule has 6 heteroatoms. The van der Waals surface area contributed by atoms with Crippen LogP contribution in [-0.4, -0.2) is 35.3 Å². The molecular weight excluding hydrogens is 223 g/mol. The first-order valence-electron chi connectivity index (χ1n) is 5.92. The van der Waals surface area contributed by atoms with Gasteiger partial charge in [-0.25, -0.2) is 9.37 Å². The van der Waals surface area contributed by atoms with Gasteiger partial charge in [0.05, 0.1) is 24.9 Å². The summed E-state index contributed by atoms with van der Waals surface area (Å²) in [4.78, 5) is 9.65. The third-order valence-corrected chi connectivity index (χ3v) is 3.50. The summed E-state index contributed by atoms with van der Waals surface area (Å²) in [5.41, 5.74) is 5.52. The monoisotopic (exact) mass is 238 g/mol. The van der Waals surface area contributed by atoms with Gasteiger partial charge in [-0.05, 0) is 19.3 Å². The van der Waals surface area contributed by atoms with Gasteiger partial charge < -0.3 is 15.4 Å². The largest absolute Gasteiger partial charge is 0.374 e. The van der Waals surface area contributed by atoms with Crippen LogP contribution >= 0.6 is 0 Å². The Bertz CT molecular complexity index is 428. The third-order valence-electron chi connectivity index (χ3n) is 3.50. The number of ether oxygens (including phenoxy) is 1. The highest BCUT2D eigenvalue weighted by Gasteiger charge is 2.37. The maximum atomic E-state index is 13.7. The van der Waals surface area contributed by atoms with E-state index in [2.05, 4.69) is 9.97 Å². The van der Waals surface area contributed by atoms with Crippen LogP contribution in [-0.2, 0) is 4.74 Å². The summed E-state index contributed by atoms with van der Waals surface area (Å²) in [5, 5.41) is 0. The normalized spacial score (nSPS) is 28.2. The molecule has 17 heavy (non-hydrogen) atoms. The Labute approximate surface area is 98.8 Å². The van der Waals surface area contributed by atoms with E-state index in [0.29, 0.717) is 19.0 Å². The standard InChI is InChI=1S/C11H15FN4O/c12-7-6-14-11(13)15-10(7)16-4-5-17-9-3-1-2-8(9)16/h6,8-9H,1-5H2,(H2,13,14,15). The molecule has 1 saturated carbocycles. The second kappa shape index (κ2) is 4.10. The van der Waals surface area contributed by atoms with Crippen molar-refractivity contribution in [1.82, 2.24) is 9.97 Å². The molecule has 0 amide bonds. The van der Waals surface area contributed by atoms with Crippen LogP contribution in [0.25, 0.3) is 0 Å². The summed E-state index contributed by atoms with van der Waals surface area (Å²) >= 11 is 0. The molecule has 2 atom stereocenters. The first kappa shape index (κ1) is 10.7. The smallest absolute Gasteiger partial charge is 0.222 e. The molecule has 0 spiro atoms. The highest BCUT2D eigenvalue weighted by molar-refractivity contribution is 5.44. The summed E-state index contributed by atoms with van der Waals surface area (Å²) in [7, 11) is 0. The van der Waals surface area contributed by atoms with Crippen LogP contribution in [0.4, 0.5) is 16.2 Å². The first-order valence-corrected chi connectivity index (χ1v) is 5.92. The molecule has 1 aliphatic heterocycles. The number of morpholine rings is 1. The zero-order valence-electron chi connectivity index (χ0n) is 9.47.